The molecule has 2 aromatic rings. The summed E-state index contributed by atoms with van der Waals surface area (Å²) in [6, 6.07) is 10.4. The number of hydrogen-bond donors (Lipinski definition) is 1. The van der Waals surface area contributed by atoms with Crippen LogP contribution < -0.4 is 5.73 Å². The summed E-state index contributed by atoms with van der Waals surface area (Å²) in [6.07, 6.45) is 4.00. The van der Waals surface area contributed by atoms with E-state index < -0.39 is 0 Å². The molecule has 2 N–H and O–H groups in total. The molecule has 2 fully saturated rings. The van der Waals surface area contributed by atoms with Crippen molar-refractivity contribution in [3.63, 3.8) is 0 Å². The van der Waals surface area contributed by atoms with Gasteiger partial charge in [0.25, 0.3) is 5.91 Å². The summed E-state index contributed by atoms with van der Waals surface area (Å²) in [5.74, 6) is 1.12. The first-order valence-corrected chi connectivity index (χ1v) is 10.1. The zero-order valence-corrected chi connectivity index (χ0v) is 17.4. The molecule has 1 aromatic heterocycles. The average Bonchev–Trinajstić information content (AvgIpc) is 3.20. The van der Waals surface area contributed by atoms with Gasteiger partial charge < -0.3 is 10.6 Å². The molecule has 1 amide bonds. The SMILES string of the molecule is Cc1ccc(Sc2ncccc2C(=O)N2CC3CCC(N)C3C2)c(C)c1.Cl. The van der Waals surface area contributed by atoms with E-state index in [-0.39, 0.29) is 24.4 Å². The number of carbonyl (C=O) groups is 1. The molecule has 6 heteroatoms. The molecule has 4 rings (SSSR count). The van der Waals surface area contributed by atoms with Crippen LogP contribution in [0.3, 0.4) is 0 Å². The first kappa shape index (κ1) is 20.2. The standard InChI is InChI=1S/C21H25N3OS.ClH/c1-13-5-8-19(14(2)10-13)26-20-16(4-3-9-23-20)21(25)24-11-15-6-7-18(22)17(15)12-24;/h3-5,8-10,15,17-18H,6-7,11-12,22H2,1-2H3;1H. The molecule has 144 valence electrons. The molecule has 4 nitrogen and oxygen atoms in total. The summed E-state index contributed by atoms with van der Waals surface area (Å²) in [4.78, 5) is 20.8. The summed E-state index contributed by atoms with van der Waals surface area (Å²) < 4.78 is 0. The first-order valence-electron chi connectivity index (χ1n) is 9.28. The first-order chi connectivity index (χ1) is 12.5. The third kappa shape index (κ3) is 4.00. The topological polar surface area (TPSA) is 59.2 Å². The Morgan fingerprint density at radius 1 is 1.22 bits per heavy atom. The van der Waals surface area contributed by atoms with Crippen LogP contribution in [0.2, 0.25) is 0 Å². The maximum absolute atomic E-state index is 13.2. The largest absolute Gasteiger partial charge is 0.338 e. The fourth-order valence-corrected chi connectivity index (χ4v) is 5.24. The second-order valence-electron chi connectivity index (χ2n) is 7.60. The Balaban J connectivity index is 0.00000210. The monoisotopic (exact) mass is 403 g/mol. The Morgan fingerprint density at radius 3 is 2.78 bits per heavy atom. The highest BCUT2D eigenvalue weighted by Crippen LogP contribution is 2.38. The van der Waals surface area contributed by atoms with E-state index in [0.717, 1.165) is 35.9 Å². The third-order valence-corrected chi connectivity index (χ3v) is 6.93. The Kier molecular flexibility index (Phi) is 6.14. The second kappa shape index (κ2) is 8.21. The van der Waals surface area contributed by atoms with Gasteiger partial charge in [-0.25, -0.2) is 4.98 Å². The number of pyridine rings is 1. The zero-order chi connectivity index (χ0) is 18.3. The van der Waals surface area contributed by atoms with Crippen LogP contribution in [0.5, 0.6) is 0 Å². The maximum atomic E-state index is 13.2. The number of nitrogens with two attached hydrogens (primary N) is 1. The van der Waals surface area contributed by atoms with Gasteiger partial charge in [-0.3, -0.25) is 4.79 Å². The van der Waals surface area contributed by atoms with Gasteiger partial charge in [-0.05, 0) is 62.3 Å². The molecule has 2 heterocycles. The molecular weight excluding hydrogens is 378 g/mol. The number of hydrogen-bond acceptors (Lipinski definition) is 4. The number of amides is 1. The van der Waals surface area contributed by atoms with E-state index in [4.69, 9.17) is 5.73 Å². The van der Waals surface area contributed by atoms with Crippen LogP contribution >= 0.6 is 24.2 Å². The fourth-order valence-electron chi connectivity index (χ4n) is 4.30. The van der Waals surface area contributed by atoms with E-state index in [2.05, 4.69) is 37.0 Å². The van der Waals surface area contributed by atoms with Crippen molar-refractivity contribution >= 4 is 30.1 Å². The van der Waals surface area contributed by atoms with E-state index in [1.54, 1.807) is 18.0 Å². The van der Waals surface area contributed by atoms with Crippen molar-refractivity contribution in [2.24, 2.45) is 17.6 Å². The summed E-state index contributed by atoms with van der Waals surface area (Å²) in [5, 5.41) is 0.783. The highest BCUT2D eigenvalue weighted by Gasteiger charge is 2.42. The minimum atomic E-state index is 0. The van der Waals surface area contributed by atoms with Gasteiger partial charge in [0.05, 0.1) is 5.56 Å². The van der Waals surface area contributed by atoms with Gasteiger partial charge in [-0.1, -0.05) is 29.5 Å². The van der Waals surface area contributed by atoms with Gasteiger partial charge >= 0.3 is 0 Å². The molecule has 2 aliphatic rings. The molecule has 0 spiro atoms. The van der Waals surface area contributed by atoms with E-state index in [1.165, 1.54) is 11.1 Å². The number of carbonyl (C=O) groups excluding carboxylic acids is 1. The van der Waals surface area contributed by atoms with Crippen LogP contribution in [0.25, 0.3) is 0 Å². The Labute approximate surface area is 171 Å². The highest BCUT2D eigenvalue weighted by molar-refractivity contribution is 7.99. The third-order valence-electron chi connectivity index (χ3n) is 5.74. The van der Waals surface area contributed by atoms with Crippen LogP contribution in [0.1, 0.15) is 34.3 Å². The van der Waals surface area contributed by atoms with Gasteiger partial charge in [0, 0.05) is 30.2 Å². The fraction of sp³-hybridized carbons (Fsp3) is 0.429. The predicted molar refractivity (Wildman–Crippen MR) is 112 cm³/mol. The number of nitrogens with zero attached hydrogens (tertiary/aromatic N) is 2. The molecule has 1 aliphatic carbocycles. The Bertz CT molecular complexity index is 844. The van der Waals surface area contributed by atoms with Gasteiger partial charge in [-0.15, -0.1) is 12.4 Å². The van der Waals surface area contributed by atoms with Crippen molar-refractivity contribution in [2.45, 2.75) is 42.7 Å². The summed E-state index contributed by atoms with van der Waals surface area (Å²) in [6.45, 7) is 5.81. The van der Waals surface area contributed by atoms with Crippen LogP contribution in [-0.2, 0) is 0 Å². The van der Waals surface area contributed by atoms with Gasteiger partial charge in [0.2, 0.25) is 0 Å². The number of fused-ring (bicyclic) bond motifs is 1. The Hall–Kier alpha value is -1.56. The van der Waals surface area contributed by atoms with Crippen molar-refractivity contribution in [1.82, 2.24) is 9.88 Å². The van der Waals surface area contributed by atoms with Crippen molar-refractivity contribution in [3.05, 3.63) is 53.2 Å². The molecule has 1 aromatic carbocycles. The van der Waals surface area contributed by atoms with E-state index in [0.29, 0.717) is 17.4 Å². The summed E-state index contributed by atoms with van der Waals surface area (Å²) >= 11 is 1.58. The number of aryl methyl sites for hydroxylation is 2. The molecule has 3 atom stereocenters. The van der Waals surface area contributed by atoms with Gasteiger partial charge in [0.1, 0.15) is 5.03 Å². The lowest BCUT2D eigenvalue weighted by Crippen LogP contribution is -2.33. The predicted octanol–water partition coefficient (Wildman–Crippen LogP) is 4.08. The lowest BCUT2D eigenvalue weighted by atomic mass is 9.98. The van der Waals surface area contributed by atoms with Crippen molar-refractivity contribution in [1.29, 1.82) is 0 Å². The molecule has 0 radical (unpaired) electrons. The van der Waals surface area contributed by atoms with Crippen LogP contribution in [0.15, 0.2) is 46.5 Å². The second-order valence-corrected chi connectivity index (χ2v) is 8.63. The number of rotatable bonds is 3. The lowest BCUT2D eigenvalue weighted by Gasteiger charge is -2.20. The molecule has 27 heavy (non-hydrogen) atoms. The molecule has 1 saturated carbocycles. The lowest BCUT2D eigenvalue weighted by molar-refractivity contribution is 0.0775. The minimum absolute atomic E-state index is 0. The van der Waals surface area contributed by atoms with E-state index in [9.17, 15) is 4.79 Å². The Morgan fingerprint density at radius 2 is 2.04 bits per heavy atom. The number of likely N-dealkylation sites (tertiary alicyclic amines) is 1. The van der Waals surface area contributed by atoms with Gasteiger partial charge in [-0.2, -0.15) is 0 Å². The normalized spacial score (nSPS) is 23.8. The molecular formula is C21H26ClN3OS. The summed E-state index contributed by atoms with van der Waals surface area (Å²) in [5.41, 5.74) is 9.38. The molecule has 1 saturated heterocycles. The smallest absolute Gasteiger partial charge is 0.256 e. The van der Waals surface area contributed by atoms with E-state index >= 15 is 0 Å². The average molecular weight is 404 g/mol. The summed E-state index contributed by atoms with van der Waals surface area (Å²) in [7, 11) is 0. The van der Waals surface area contributed by atoms with Crippen LogP contribution in [-0.4, -0.2) is 34.9 Å². The highest BCUT2D eigenvalue weighted by atomic mass is 35.5. The molecule has 0 bridgehead atoms. The number of aromatic nitrogens is 1. The van der Waals surface area contributed by atoms with Crippen LogP contribution in [0.4, 0.5) is 0 Å². The van der Waals surface area contributed by atoms with E-state index in [1.807, 2.05) is 17.0 Å². The minimum Gasteiger partial charge on any atom is -0.338 e. The molecule has 3 unspecified atom stereocenters. The zero-order valence-electron chi connectivity index (χ0n) is 15.7. The van der Waals surface area contributed by atoms with Gasteiger partial charge in [0.15, 0.2) is 0 Å². The number of benzene rings is 1. The quantitative estimate of drug-likeness (QED) is 0.838. The molecule has 1 aliphatic heterocycles. The van der Waals surface area contributed by atoms with Crippen molar-refractivity contribution in [2.75, 3.05) is 13.1 Å². The van der Waals surface area contributed by atoms with Crippen molar-refractivity contribution in [3.8, 4) is 0 Å². The maximum Gasteiger partial charge on any atom is 0.256 e. The number of halogens is 1. The van der Waals surface area contributed by atoms with Crippen LogP contribution in [0, 0.1) is 25.7 Å². The van der Waals surface area contributed by atoms with Crippen molar-refractivity contribution < 1.29 is 4.79 Å².